The highest BCUT2D eigenvalue weighted by molar-refractivity contribution is 7.92. The number of hydrogen-bond donors (Lipinski definition) is 3. The molecule has 1 aromatic heterocycles. The highest BCUT2D eigenvalue weighted by Gasteiger charge is 2.38. The quantitative estimate of drug-likeness (QED) is 0.414. The van der Waals surface area contributed by atoms with Gasteiger partial charge < -0.3 is 15.1 Å². The monoisotopic (exact) mass is 571 g/mol. The predicted molar refractivity (Wildman–Crippen MR) is 139 cm³/mol. The number of aromatic nitrogens is 1. The number of benzene rings is 1. The number of alkyl halides is 3. The van der Waals surface area contributed by atoms with Crippen LogP contribution in [0, 0.1) is 5.92 Å². The van der Waals surface area contributed by atoms with Crippen LogP contribution in [0.1, 0.15) is 73.7 Å². The van der Waals surface area contributed by atoms with Crippen LogP contribution in [0.5, 0.6) is 0 Å². The Morgan fingerprint density at radius 3 is 2.08 bits per heavy atom. The van der Waals surface area contributed by atoms with Crippen LogP contribution in [0.25, 0.3) is 0 Å². The Kier molecular flexibility index (Phi) is 9.81. The van der Waals surface area contributed by atoms with E-state index in [4.69, 9.17) is 9.90 Å². The Balaban J connectivity index is 0.000000532. The molecule has 1 aromatic carbocycles. The summed E-state index contributed by atoms with van der Waals surface area (Å²) in [7, 11) is -3.84. The second kappa shape index (κ2) is 12.7. The van der Waals surface area contributed by atoms with Gasteiger partial charge in [0.1, 0.15) is 11.4 Å². The minimum atomic E-state index is -5.08. The van der Waals surface area contributed by atoms with Crippen LogP contribution in [0.2, 0.25) is 0 Å². The number of sulfonamides is 1. The molecule has 1 saturated heterocycles. The van der Waals surface area contributed by atoms with Crippen LogP contribution in [0.3, 0.4) is 0 Å². The summed E-state index contributed by atoms with van der Waals surface area (Å²) in [6, 6.07) is 8.40. The summed E-state index contributed by atoms with van der Waals surface area (Å²) < 4.78 is 60.0. The number of aromatic carboxylic acids is 1. The van der Waals surface area contributed by atoms with Gasteiger partial charge in [-0.05, 0) is 61.3 Å². The van der Waals surface area contributed by atoms with E-state index in [1.165, 1.54) is 37.1 Å². The molecule has 0 unspecified atom stereocenters. The second-order valence-corrected chi connectivity index (χ2v) is 11.6. The predicted octanol–water partition coefficient (Wildman–Crippen LogP) is 5.50. The van der Waals surface area contributed by atoms with Crippen molar-refractivity contribution >= 4 is 33.5 Å². The normalized spacial score (nSPS) is 17.2. The molecule has 2 heterocycles. The lowest BCUT2D eigenvalue weighted by atomic mass is 9.84. The third kappa shape index (κ3) is 8.32. The molecule has 2 aromatic rings. The summed E-state index contributed by atoms with van der Waals surface area (Å²) in [5.41, 5.74) is 1.33. The zero-order chi connectivity index (χ0) is 28.8. The molecule has 9 nitrogen and oxygen atoms in total. The molecule has 1 aliphatic carbocycles. The standard InChI is InChI=1S/C24H31N3O4S.C2HF3O2/c1-17-11-13-27(14-12-17)23-22(24(28)29)15-20(16-25-23)26-32(30,31)21-9-7-19(8-10-21)18-5-3-2-4-6-18;3-2(4,5)1(6)7/h7-10,15-18,26H,2-6,11-14H2,1H3,(H,28,29);(H,6,7). The zero-order valence-corrected chi connectivity index (χ0v) is 22.3. The van der Waals surface area contributed by atoms with Crippen molar-refractivity contribution in [2.45, 2.75) is 68.9 Å². The van der Waals surface area contributed by atoms with Gasteiger partial charge in [-0.15, -0.1) is 0 Å². The highest BCUT2D eigenvalue weighted by Crippen LogP contribution is 2.33. The van der Waals surface area contributed by atoms with Gasteiger partial charge in [-0.3, -0.25) is 4.72 Å². The molecule has 0 amide bonds. The Bertz CT molecular complexity index is 1250. The molecule has 214 valence electrons. The Morgan fingerprint density at radius 1 is 1.00 bits per heavy atom. The fourth-order valence-electron chi connectivity index (χ4n) is 4.71. The van der Waals surface area contributed by atoms with Crippen LogP contribution in [0.15, 0.2) is 41.4 Å². The first-order chi connectivity index (χ1) is 18.3. The van der Waals surface area contributed by atoms with Crippen LogP contribution >= 0.6 is 0 Å². The van der Waals surface area contributed by atoms with Gasteiger partial charge in [0.15, 0.2) is 0 Å². The van der Waals surface area contributed by atoms with E-state index in [0.717, 1.165) is 38.8 Å². The molecule has 39 heavy (non-hydrogen) atoms. The largest absolute Gasteiger partial charge is 0.490 e. The third-order valence-electron chi connectivity index (χ3n) is 6.94. The summed E-state index contributed by atoms with van der Waals surface area (Å²) >= 11 is 0. The zero-order valence-electron chi connectivity index (χ0n) is 21.4. The summed E-state index contributed by atoms with van der Waals surface area (Å²) in [4.78, 5) is 27.2. The first-order valence-electron chi connectivity index (χ1n) is 12.7. The van der Waals surface area contributed by atoms with Crippen molar-refractivity contribution in [3.05, 3.63) is 47.7 Å². The molecule has 3 N–H and O–H groups in total. The van der Waals surface area contributed by atoms with Crippen molar-refractivity contribution in [3.8, 4) is 0 Å². The smallest absolute Gasteiger partial charge is 0.478 e. The number of hydrogen-bond acceptors (Lipinski definition) is 6. The summed E-state index contributed by atoms with van der Waals surface area (Å²) in [5.74, 6) is -2.38. The molecule has 0 bridgehead atoms. The van der Waals surface area contributed by atoms with Crippen LogP contribution in [-0.2, 0) is 14.8 Å². The van der Waals surface area contributed by atoms with Gasteiger partial charge in [0.25, 0.3) is 10.0 Å². The summed E-state index contributed by atoms with van der Waals surface area (Å²) in [6.07, 6.45) is 4.28. The number of aliphatic carboxylic acids is 1. The molecule has 4 rings (SSSR count). The van der Waals surface area contributed by atoms with Crippen molar-refractivity contribution in [1.82, 2.24) is 4.98 Å². The van der Waals surface area contributed by atoms with Crippen LogP contribution < -0.4 is 9.62 Å². The molecule has 0 spiro atoms. The number of nitrogens with zero attached hydrogens (tertiary/aromatic N) is 2. The van der Waals surface area contributed by atoms with Gasteiger partial charge in [-0.25, -0.2) is 23.0 Å². The topological polar surface area (TPSA) is 137 Å². The van der Waals surface area contributed by atoms with Gasteiger partial charge in [0.05, 0.1) is 16.8 Å². The van der Waals surface area contributed by atoms with Crippen molar-refractivity contribution in [1.29, 1.82) is 0 Å². The molecule has 13 heteroatoms. The molecular formula is C26H32F3N3O6S. The lowest BCUT2D eigenvalue weighted by molar-refractivity contribution is -0.192. The Hall–Kier alpha value is -3.35. The molecular weight excluding hydrogens is 539 g/mol. The second-order valence-electron chi connectivity index (χ2n) is 9.88. The lowest BCUT2D eigenvalue weighted by Gasteiger charge is -2.32. The molecule has 0 atom stereocenters. The van der Waals surface area contributed by atoms with Gasteiger partial charge in [-0.1, -0.05) is 38.3 Å². The number of carboxylic acid groups (broad SMARTS) is 2. The van der Waals surface area contributed by atoms with Crippen molar-refractivity contribution < 1.29 is 41.4 Å². The Morgan fingerprint density at radius 2 is 1.56 bits per heavy atom. The fraction of sp³-hybridized carbons (Fsp3) is 0.500. The molecule has 2 fully saturated rings. The number of rotatable bonds is 6. The maximum absolute atomic E-state index is 12.9. The third-order valence-corrected chi connectivity index (χ3v) is 8.34. The van der Waals surface area contributed by atoms with Gasteiger partial charge in [0.2, 0.25) is 0 Å². The molecule has 1 saturated carbocycles. The van der Waals surface area contributed by atoms with Gasteiger partial charge >= 0.3 is 18.1 Å². The summed E-state index contributed by atoms with van der Waals surface area (Å²) in [6.45, 7) is 3.67. The van der Waals surface area contributed by atoms with E-state index in [2.05, 4.69) is 16.6 Å². The van der Waals surface area contributed by atoms with E-state index < -0.39 is 28.1 Å². The van der Waals surface area contributed by atoms with Crippen LogP contribution in [0.4, 0.5) is 24.7 Å². The number of pyridine rings is 1. The van der Waals surface area contributed by atoms with Crippen LogP contribution in [-0.4, -0.2) is 54.8 Å². The van der Waals surface area contributed by atoms with Gasteiger partial charge in [0, 0.05) is 13.1 Å². The average molecular weight is 572 g/mol. The number of halogens is 3. The minimum Gasteiger partial charge on any atom is -0.478 e. The number of anilines is 2. The first-order valence-corrected chi connectivity index (χ1v) is 14.2. The van der Waals surface area contributed by atoms with E-state index in [0.29, 0.717) is 17.7 Å². The SMILES string of the molecule is CC1CCN(c2ncc(NS(=O)(=O)c3ccc(C4CCCCC4)cc3)cc2C(=O)O)CC1.O=C(O)C(F)(F)F. The number of piperidine rings is 1. The van der Waals surface area contributed by atoms with Crippen molar-refractivity contribution in [3.63, 3.8) is 0 Å². The molecule has 0 radical (unpaired) electrons. The van der Waals surface area contributed by atoms with Gasteiger partial charge in [-0.2, -0.15) is 13.2 Å². The van der Waals surface area contributed by atoms with Crippen molar-refractivity contribution in [2.75, 3.05) is 22.7 Å². The van der Waals surface area contributed by atoms with E-state index in [1.54, 1.807) is 12.1 Å². The number of nitrogens with one attached hydrogen (secondary N) is 1. The number of carboxylic acids is 2. The van der Waals surface area contributed by atoms with E-state index in [-0.39, 0.29) is 16.1 Å². The van der Waals surface area contributed by atoms with E-state index in [9.17, 15) is 31.5 Å². The summed E-state index contributed by atoms with van der Waals surface area (Å²) in [5, 5.41) is 16.8. The average Bonchev–Trinajstić information content (AvgIpc) is 2.89. The lowest BCUT2D eigenvalue weighted by Crippen LogP contribution is -2.34. The highest BCUT2D eigenvalue weighted by atomic mass is 32.2. The Labute approximate surface area is 225 Å². The van der Waals surface area contributed by atoms with Crippen molar-refractivity contribution in [2.24, 2.45) is 5.92 Å². The first kappa shape index (κ1) is 30.2. The minimum absolute atomic E-state index is 0.00685. The maximum atomic E-state index is 12.9. The van der Waals surface area contributed by atoms with E-state index >= 15 is 0 Å². The fourth-order valence-corrected chi connectivity index (χ4v) is 5.75. The molecule has 2 aliphatic rings. The molecule has 1 aliphatic heterocycles. The maximum Gasteiger partial charge on any atom is 0.490 e. The van der Waals surface area contributed by atoms with E-state index in [1.807, 2.05) is 17.0 Å². The number of carbonyl (C=O) groups is 2.